The van der Waals surface area contributed by atoms with Crippen molar-refractivity contribution in [2.45, 2.75) is 6.42 Å². The first-order valence-corrected chi connectivity index (χ1v) is 12.5. The third-order valence-electron chi connectivity index (χ3n) is 6.83. The monoisotopic (exact) mass is 508 g/mol. The van der Waals surface area contributed by atoms with Crippen molar-refractivity contribution < 1.29 is 14.7 Å². The molecule has 3 aromatic rings. The number of rotatable bonds is 6. The third kappa shape index (κ3) is 5.47. The molecule has 0 radical (unpaired) electrons. The molecule has 2 aliphatic heterocycles. The zero-order chi connectivity index (χ0) is 25.1. The molecule has 0 unspecified atom stereocenters. The molecule has 36 heavy (non-hydrogen) atoms. The average molecular weight is 509 g/mol. The number of likely N-dealkylation sites (tertiary alicyclic amines) is 1. The number of hydrogen-bond acceptors (Lipinski definition) is 6. The summed E-state index contributed by atoms with van der Waals surface area (Å²) in [7, 11) is 0. The standard InChI is InChI=1S/C26H29ClN6O3/c27-23-16-20(2-7-24(23)34)29-26(36)19-8-11-30(17-19)18-25(35)32-14-12-31(13-15-32)21-3-5-22(6-4-21)33-10-1-9-28-33/h1-7,9-10,16,19,34H,8,11-15,17-18H2,(H,29,36)/t19-/m1/s1. The van der Waals surface area contributed by atoms with Gasteiger partial charge in [0.25, 0.3) is 0 Å². The number of aromatic hydroxyl groups is 1. The SMILES string of the molecule is O=C(Nc1ccc(O)c(Cl)c1)[C@@H]1CCN(CC(=O)N2CCN(c3ccc(-n4cccn4)cc3)CC2)C1. The van der Waals surface area contributed by atoms with Gasteiger partial charge < -0.3 is 20.2 Å². The lowest BCUT2D eigenvalue weighted by Gasteiger charge is -2.36. The molecule has 2 N–H and O–H groups in total. The molecule has 0 aliphatic carbocycles. The average Bonchev–Trinajstić information content (AvgIpc) is 3.59. The van der Waals surface area contributed by atoms with Crippen LogP contribution in [0.15, 0.2) is 60.9 Å². The fourth-order valence-electron chi connectivity index (χ4n) is 4.76. The molecular weight excluding hydrogens is 480 g/mol. The van der Waals surface area contributed by atoms with E-state index in [1.165, 1.54) is 12.1 Å². The maximum Gasteiger partial charge on any atom is 0.236 e. The lowest BCUT2D eigenvalue weighted by molar-refractivity contribution is -0.132. The summed E-state index contributed by atoms with van der Waals surface area (Å²) in [5.41, 5.74) is 2.70. The van der Waals surface area contributed by atoms with Gasteiger partial charge in [-0.1, -0.05) is 11.6 Å². The van der Waals surface area contributed by atoms with E-state index in [4.69, 9.17) is 11.6 Å². The molecule has 1 aromatic heterocycles. The van der Waals surface area contributed by atoms with Crippen LogP contribution in [0.2, 0.25) is 5.02 Å². The van der Waals surface area contributed by atoms with Crippen LogP contribution in [0.3, 0.4) is 0 Å². The van der Waals surface area contributed by atoms with Gasteiger partial charge >= 0.3 is 0 Å². The van der Waals surface area contributed by atoms with E-state index in [1.807, 2.05) is 21.8 Å². The van der Waals surface area contributed by atoms with Gasteiger partial charge in [0, 0.05) is 56.5 Å². The number of nitrogens with one attached hydrogen (secondary N) is 1. The number of nitrogens with zero attached hydrogens (tertiary/aromatic N) is 5. The van der Waals surface area contributed by atoms with Gasteiger partial charge in [0.05, 0.1) is 23.2 Å². The van der Waals surface area contributed by atoms with Crippen LogP contribution in [-0.2, 0) is 9.59 Å². The Bertz CT molecular complexity index is 1210. The number of carbonyl (C=O) groups is 2. The van der Waals surface area contributed by atoms with Gasteiger partial charge in [-0.15, -0.1) is 0 Å². The quantitative estimate of drug-likeness (QED) is 0.497. The second-order valence-electron chi connectivity index (χ2n) is 9.21. The van der Waals surface area contributed by atoms with Gasteiger partial charge in [-0.25, -0.2) is 4.68 Å². The fraction of sp³-hybridized carbons (Fsp3) is 0.346. The fourth-order valence-corrected chi connectivity index (χ4v) is 4.94. The van der Waals surface area contributed by atoms with E-state index >= 15 is 0 Å². The summed E-state index contributed by atoms with van der Waals surface area (Å²) in [6.07, 6.45) is 4.38. The highest BCUT2D eigenvalue weighted by Gasteiger charge is 2.31. The number of aromatic nitrogens is 2. The number of benzene rings is 2. The van der Waals surface area contributed by atoms with Crippen LogP contribution in [-0.4, -0.2) is 82.3 Å². The Labute approximate surface area is 214 Å². The molecule has 2 amide bonds. The van der Waals surface area contributed by atoms with E-state index < -0.39 is 0 Å². The molecule has 2 saturated heterocycles. The number of piperazine rings is 1. The molecule has 2 aromatic carbocycles. The third-order valence-corrected chi connectivity index (χ3v) is 7.14. The van der Waals surface area contributed by atoms with Crippen LogP contribution in [0.25, 0.3) is 5.69 Å². The van der Waals surface area contributed by atoms with Crippen LogP contribution >= 0.6 is 11.6 Å². The smallest absolute Gasteiger partial charge is 0.236 e. The number of amides is 2. The van der Waals surface area contributed by atoms with Crippen LogP contribution in [0, 0.1) is 5.92 Å². The topological polar surface area (TPSA) is 93.9 Å². The van der Waals surface area contributed by atoms with Gasteiger partial charge in [0.2, 0.25) is 11.8 Å². The highest BCUT2D eigenvalue weighted by molar-refractivity contribution is 6.32. The van der Waals surface area contributed by atoms with Crippen molar-refractivity contribution >= 4 is 34.8 Å². The zero-order valence-electron chi connectivity index (χ0n) is 19.9. The molecule has 3 heterocycles. The van der Waals surface area contributed by atoms with Crippen molar-refractivity contribution in [2.75, 3.05) is 56.0 Å². The minimum atomic E-state index is -0.188. The van der Waals surface area contributed by atoms with Crippen molar-refractivity contribution in [1.29, 1.82) is 0 Å². The lowest BCUT2D eigenvalue weighted by atomic mass is 10.1. The first-order chi connectivity index (χ1) is 17.5. The highest BCUT2D eigenvalue weighted by Crippen LogP contribution is 2.27. The van der Waals surface area contributed by atoms with Crippen molar-refractivity contribution in [2.24, 2.45) is 5.92 Å². The second kappa shape index (κ2) is 10.6. The van der Waals surface area contributed by atoms with Crippen LogP contribution in [0.5, 0.6) is 5.75 Å². The summed E-state index contributed by atoms with van der Waals surface area (Å²) >= 11 is 5.92. The Kier molecular flexibility index (Phi) is 7.11. The summed E-state index contributed by atoms with van der Waals surface area (Å²) < 4.78 is 1.83. The molecule has 0 spiro atoms. The van der Waals surface area contributed by atoms with E-state index in [1.54, 1.807) is 12.3 Å². The molecule has 5 rings (SSSR count). The Morgan fingerprint density at radius 2 is 1.78 bits per heavy atom. The maximum atomic E-state index is 12.9. The first kappa shape index (κ1) is 24.1. The number of carbonyl (C=O) groups excluding carboxylic acids is 2. The largest absolute Gasteiger partial charge is 0.506 e. The lowest BCUT2D eigenvalue weighted by Crippen LogP contribution is -2.51. The van der Waals surface area contributed by atoms with E-state index in [2.05, 4.69) is 44.5 Å². The minimum absolute atomic E-state index is 0.0238. The summed E-state index contributed by atoms with van der Waals surface area (Å²) in [4.78, 5) is 31.8. The molecule has 1 atom stereocenters. The van der Waals surface area contributed by atoms with E-state index in [0.29, 0.717) is 44.8 Å². The van der Waals surface area contributed by atoms with Crippen molar-refractivity contribution in [1.82, 2.24) is 19.6 Å². The van der Waals surface area contributed by atoms with Gasteiger partial charge in [-0.05, 0) is 61.5 Å². The number of hydrogen-bond donors (Lipinski definition) is 2. The Morgan fingerprint density at radius 3 is 2.47 bits per heavy atom. The van der Waals surface area contributed by atoms with E-state index in [9.17, 15) is 14.7 Å². The summed E-state index contributed by atoms with van der Waals surface area (Å²) in [5, 5.41) is 16.8. The highest BCUT2D eigenvalue weighted by atomic mass is 35.5. The molecular formula is C26H29ClN6O3. The molecule has 10 heteroatoms. The molecule has 0 bridgehead atoms. The number of phenolic OH excluding ortho intramolecular Hbond substituents is 1. The summed E-state index contributed by atoms with van der Waals surface area (Å²) in [6, 6.07) is 14.8. The van der Waals surface area contributed by atoms with Gasteiger partial charge in [0.1, 0.15) is 5.75 Å². The summed E-state index contributed by atoms with van der Waals surface area (Å²) in [5.74, 6) is -0.203. The molecule has 188 valence electrons. The normalized spacial score (nSPS) is 18.4. The van der Waals surface area contributed by atoms with E-state index in [-0.39, 0.29) is 28.5 Å². The van der Waals surface area contributed by atoms with Crippen LogP contribution in [0.1, 0.15) is 6.42 Å². The first-order valence-electron chi connectivity index (χ1n) is 12.1. The number of anilines is 2. The molecule has 2 fully saturated rings. The van der Waals surface area contributed by atoms with Gasteiger partial charge in [0.15, 0.2) is 0 Å². The predicted octanol–water partition coefficient (Wildman–Crippen LogP) is 2.84. The Balaban J connectivity index is 1.07. The van der Waals surface area contributed by atoms with Gasteiger partial charge in [-0.3, -0.25) is 14.5 Å². The molecule has 0 saturated carbocycles. The van der Waals surface area contributed by atoms with Crippen LogP contribution in [0.4, 0.5) is 11.4 Å². The van der Waals surface area contributed by atoms with Crippen LogP contribution < -0.4 is 10.2 Å². The van der Waals surface area contributed by atoms with Crippen molar-refractivity contribution in [3.05, 3.63) is 65.9 Å². The minimum Gasteiger partial charge on any atom is -0.506 e. The predicted molar refractivity (Wildman–Crippen MR) is 139 cm³/mol. The Hall–Kier alpha value is -3.56. The summed E-state index contributed by atoms with van der Waals surface area (Å²) in [6.45, 7) is 4.51. The maximum absolute atomic E-state index is 12.9. The molecule has 2 aliphatic rings. The van der Waals surface area contributed by atoms with Crippen molar-refractivity contribution in [3.63, 3.8) is 0 Å². The Morgan fingerprint density at radius 1 is 1.03 bits per heavy atom. The second-order valence-corrected chi connectivity index (χ2v) is 9.62. The number of halogens is 1. The van der Waals surface area contributed by atoms with E-state index in [0.717, 1.165) is 24.5 Å². The number of phenols is 1. The molecule has 9 nitrogen and oxygen atoms in total. The van der Waals surface area contributed by atoms with Crippen molar-refractivity contribution in [3.8, 4) is 11.4 Å². The van der Waals surface area contributed by atoms with Gasteiger partial charge in [-0.2, -0.15) is 5.10 Å². The zero-order valence-corrected chi connectivity index (χ0v) is 20.6.